The van der Waals surface area contributed by atoms with E-state index in [0.717, 1.165) is 28.5 Å². The van der Waals surface area contributed by atoms with Crippen LogP contribution in [0.2, 0.25) is 0 Å². The van der Waals surface area contributed by atoms with Gasteiger partial charge in [0, 0.05) is 10.2 Å². The van der Waals surface area contributed by atoms with Gasteiger partial charge in [-0.1, -0.05) is 59.7 Å². The highest BCUT2D eigenvalue weighted by molar-refractivity contribution is 9.10. The largest absolute Gasteiger partial charge is 0.301 e. The fourth-order valence-electron chi connectivity index (χ4n) is 1.80. The number of halogens is 1. The highest BCUT2D eigenvalue weighted by Crippen LogP contribution is 2.17. The van der Waals surface area contributed by atoms with Gasteiger partial charge < -0.3 is 5.10 Å². The Morgan fingerprint density at radius 2 is 2.12 bits per heavy atom. The molecule has 0 saturated heterocycles. The van der Waals surface area contributed by atoms with Gasteiger partial charge in [-0.25, -0.2) is 0 Å². The third kappa shape index (κ3) is 3.07. The highest BCUT2D eigenvalue weighted by atomic mass is 79.9. The molecule has 0 bridgehead atoms. The Kier molecular flexibility index (Phi) is 4.18. The maximum absolute atomic E-state index is 5.35. The van der Waals surface area contributed by atoms with Gasteiger partial charge in [-0.3, -0.25) is 4.68 Å². The fourth-order valence-corrected chi connectivity index (χ4v) is 2.46. The number of aryl methyl sites for hydroxylation is 1. The first kappa shape index (κ1) is 12.6. The van der Waals surface area contributed by atoms with Crippen LogP contribution < -0.4 is 0 Å². The molecule has 0 radical (unpaired) electrons. The smallest absolute Gasteiger partial charge is 0.122 e. The van der Waals surface area contributed by atoms with Crippen LogP contribution in [0.5, 0.6) is 0 Å². The van der Waals surface area contributed by atoms with Crippen LogP contribution in [0, 0.1) is 4.64 Å². The lowest BCUT2D eigenvalue weighted by atomic mass is 10.2. The van der Waals surface area contributed by atoms with E-state index in [9.17, 15) is 0 Å². The van der Waals surface area contributed by atoms with Crippen LogP contribution in [0.25, 0.3) is 0 Å². The number of benzene rings is 1. The van der Waals surface area contributed by atoms with Crippen molar-refractivity contribution in [1.82, 2.24) is 9.78 Å². The molecule has 0 aliphatic carbocycles. The molecule has 0 saturated carbocycles. The van der Waals surface area contributed by atoms with Crippen molar-refractivity contribution in [3.8, 4) is 0 Å². The van der Waals surface area contributed by atoms with Crippen LogP contribution in [0.4, 0.5) is 0 Å². The molecule has 0 amide bonds. The quantitative estimate of drug-likeness (QED) is 0.835. The van der Waals surface area contributed by atoms with Gasteiger partial charge in [0.05, 0.1) is 6.54 Å². The molecule has 0 aliphatic heterocycles. The maximum Gasteiger partial charge on any atom is 0.122 e. The van der Waals surface area contributed by atoms with E-state index in [1.54, 1.807) is 0 Å². The van der Waals surface area contributed by atoms with Crippen molar-refractivity contribution in [3.63, 3.8) is 0 Å². The van der Waals surface area contributed by atoms with Crippen molar-refractivity contribution in [1.29, 1.82) is 0 Å². The number of aromatic amines is 1. The normalized spacial score (nSPS) is 10.7. The molecular weight excluding hydrogens is 296 g/mol. The van der Waals surface area contributed by atoms with E-state index in [4.69, 9.17) is 12.2 Å². The Hall–Kier alpha value is -0.870. The molecule has 17 heavy (non-hydrogen) atoms. The second kappa shape index (κ2) is 5.65. The minimum Gasteiger partial charge on any atom is -0.301 e. The van der Waals surface area contributed by atoms with Crippen molar-refractivity contribution in [3.05, 3.63) is 50.7 Å². The fraction of sp³-hybridized carbons (Fsp3) is 0.308. The molecule has 2 rings (SSSR count). The molecular formula is C13H15BrN2S. The van der Waals surface area contributed by atoms with E-state index in [0.29, 0.717) is 0 Å². The molecule has 2 aromatic rings. The average molecular weight is 311 g/mol. The van der Waals surface area contributed by atoms with Gasteiger partial charge in [-0.2, -0.15) is 0 Å². The van der Waals surface area contributed by atoms with Crippen LogP contribution in [0.3, 0.4) is 0 Å². The summed E-state index contributed by atoms with van der Waals surface area (Å²) in [6.45, 7) is 2.95. The highest BCUT2D eigenvalue weighted by Gasteiger charge is 2.03. The number of hydrogen-bond acceptors (Lipinski definition) is 1. The first-order valence-electron chi connectivity index (χ1n) is 5.73. The first-order chi connectivity index (χ1) is 8.20. The van der Waals surface area contributed by atoms with Crippen molar-refractivity contribution >= 4 is 28.1 Å². The predicted molar refractivity (Wildman–Crippen MR) is 76.9 cm³/mol. The van der Waals surface area contributed by atoms with Crippen LogP contribution in [0.15, 0.2) is 34.8 Å². The summed E-state index contributed by atoms with van der Waals surface area (Å²) < 4.78 is 4.00. The lowest BCUT2D eigenvalue weighted by molar-refractivity contribution is 0.659. The van der Waals surface area contributed by atoms with E-state index in [-0.39, 0.29) is 0 Å². The van der Waals surface area contributed by atoms with E-state index in [1.807, 2.05) is 16.8 Å². The Bertz CT molecular complexity index is 557. The zero-order valence-electron chi connectivity index (χ0n) is 9.74. The Morgan fingerprint density at radius 3 is 2.82 bits per heavy atom. The molecule has 1 heterocycles. The van der Waals surface area contributed by atoms with Gasteiger partial charge in [0.1, 0.15) is 4.64 Å². The van der Waals surface area contributed by atoms with Crippen LogP contribution in [-0.2, 0) is 13.0 Å². The van der Waals surface area contributed by atoms with Crippen molar-refractivity contribution in [2.24, 2.45) is 0 Å². The summed E-state index contributed by atoms with van der Waals surface area (Å²) >= 11 is 8.90. The summed E-state index contributed by atoms with van der Waals surface area (Å²) in [5.41, 5.74) is 2.44. The van der Waals surface area contributed by atoms with Crippen LogP contribution in [-0.4, -0.2) is 9.78 Å². The van der Waals surface area contributed by atoms with Crippen molar-refractivity contribution in [2.75, 3.05) is 0 Å². The summed E-state index contributed by atoms with van der Waals surface area (Å²) in [6.07, 6.45) is 2.18. The van der Waals surface area contributed by atoms with E-state index in [1.165, 1.54) is 11.3 Å². The molecule has 0 unspecified atom stereocenters. The monoisotopic (exact) mass is 310 g/mol. The number of H-pyrrole nitrogens is 1. The zero-order chi connectivity index (χ0) is 12.3. The molecule has 1 aromatic carbocycles. The standard InChI is InChI=1S/C13H15BrN2S/c1-2-5-11-8-13(17)16(15-11)9-10-6-3-4-7-12(10)14/h3-4,6-8,15H,2,5,9H2,1H3. The van der Waals surface area contributed by atoms with E-state index in [2.05, 4.69) is 46.2 Å². The number of nitrogens with one attached hydrogen (secondary N) is 1. The van der Waals surface area contributed by atoms with Gasteiger partial charge in [0.25, 0.3) is 0 Å². The Labute approximate surface area is 115 Å². The third-order valence-corrected chi connectivity index (χ3v) is 3.76. The van der Waals surface area contributed by atoms with E-state index < -0.39 is 0 Å². The predicted octanol–water partition coefficient (Wildman–Crippen LogP) is 4.31. The third-order valence-electron chi connectivity index (χ3n) is 2.65. The molecule has 4 heteroatoms. The molecule has 2 nitrogen and oxygen atoms in total. The molecule has 0 atom stereocenters. The number of nitrogens with zero attached hydrogens (tertiary/aromatic N) is 1. The number of aromatic nitrogens is 2. The van der Waals surface area contributed by atoms with Crippen LogP contribution in [0.1, 0.15) is 24.6 Å². The van der Waals surface area contributed by atoms with Gasteiger partial charge in [-0.15, -0.1) is 0 Å². The Balaban J connectivity index is 2.24. The first-order valence-corrected chi connectivity index (χ1v) is 6.93. The minimum absolute atomic E-state index is 0.782. The second-order valence-electron chi connectivity index (χ2n) is 4.05. The van der Waals surface area contributed by atoms with Crippen LogP contribution >= 0.6 is 28.1 Å². The van der Waals surface area contributed by atoms with Crippen molar-refractivity contribution in [2.45, 2.75) is 26.3 Å². The molecule has 1 N–H and O–H groups in total. The van der Waals surface area contributed by atoms with Gasteiger partial charge in [0.2, 0.25) is 0 Å². The molecule has 90 valence electrons. The van der Waals surface area contributed by atoms with Gasteiger partial charge in [-0.05, 0) is 24.1 Å². The number of hydrogen-bond donors (Lipinski definition) is 1. The van der Waals surface area contributed by atoms with Gasteiger partial charge >= 0.3 is 0 Å². The second-order valence-corrected chi connectivity index (χ2v) is 5.32. The SMILES string of the molecule is CCCc1cc(=S)n(Cc2ccccc2Br)[nH]1. The Morgan fingerprint density at radius 1 is 1.35 bits per heavy atom. The summed E-state index contributed by atoms with van der Waals surface area (Å²) in [5.74, 6) is 0. The summed E-state index contributed by atoms with van der Waals surface area (Å²) in [4.78, 5) is 0. The molecule has 0 fully saturated rings. The summed E-state index contributed by atoms with van der Waals surface area (Å²) in [5, 5.41) is 3.35. The topological polar surface area (TPSA) is 20.7 Å². The molecule has 1 aromatic heterocycles. The lowest BCUT2D eigenvalue weighted by Crippen LogP contribution is -2.03. The minimum atomic E-state index is 0.782. The average Bonchev–Trinajstić information content (AvgIpc) is 2.63. The molecule has 0 spiro atoms. The summed E-state index contributed by atoms with van der Waals surface area (Å²) in [7, 11) is 0. The zero-order valence-corrected chi connectivity index (χ0v) is 12.1. The lowest BCUT2D eigenvalue weighted by Gasteiger charge is -2.05. The van der Waals surface area contributed by atoms with Crippen molar-refractivity contribution < 1.29 is 0 Å². The van der Waals surface area contributed by atoms with Gasteiger partial charge in [0.15, 0.2) is 0 Å². The summed E-state index contributed by atoms with van der Waals surface area (Å²) in [6, 6.07) is 10.3. The number of rotatable bonds is 4. The maximum atomic E-state index is 5.35. The molecule has 0 aliphatic rings. The van der Waals surface area contributed by atoms with E-state index >= 15 is 0 Å².